The average molecular weight is 352 g/mol. The van der Waals surface area contributed by atoms with E-state index in [0.717, 1.165) is 25.2 Å². The van der Waals surface area contributed by atoms with Crippen molar-refractivity contribution < 1.29 is 9.32 Å². The molecule has 1 atom stereocenters. The van der Waals surface area contributed by atoms with Gasteiger partial charge in [-0.15, -0.1) is 12.4 Å². The number of anilines is 1. The summed E-state index contributed by atoms with van der Waals surface area (Å²) < 4.78 is 5.03. The minimum atomic E-state index is -0.153. The number of para-hydroxylation sites is 1. The molecular weight excluding hydrogens is 330 g/mol. The SMILES string of the molecule is CCN(Cc1noc(CN)n1)C1CCN(c2ccccc2)C1=O.Cl. The highest BCUT2D eigenvalue weighted by Gasteiger charge is 2.36. The number of likely N-dealkylation sites (N-methyl/N-ethyl adjacent to an activating group) is 1. The van der Waals surface area contributed by atoms with Crippen LogP contribution in [0.25, 0.3) is 0 Å². The quantitative estimate of drug-likeness (QED) is 0.850. The van der Waals surface area contributed by atoms with Gasteiger partial charge >= 0.3 is 0 Å². The van der Waals surface area contributed by atoms with Crippen LogP contribution in [0, 0.1) is 0 Å². The number of nitrogens with two attached hydrogens (primary N) is 1. The summed E-state index contributed by atoms with van der Waals surface area (Å²) in [4.78, 5) is 20.9. The molecule has 1 aliphatic rings. The summed E-state index contributed by atoms with van der Waals surface area (Å²) in [5.74, 6) is 1.11. The van der Waals surface area contributed by atoms with Gasteiger partial charge in [0.1, 0.15) is 0 Å². The van der Waals surface area contributed by atoms with Gasteiger partial charge < -0.3 is 15.2 Å². The van der Waals surface area contributed by atoms with Crippen LogP contribution in [-0.4, -0.2) is 40.1 Å². The predicted molar refractivity (Wildman–Crippen MR) is 92.7 cm³/mol. The minimum Gasteiger partial charge on any atom is -0.338 e. The number of amides is 1. The molecule has 1 unspecified atom stereocenters. The third-order valence-corrected chi connectivity index (χ3v) is 4.12. The Balaban J connectivity index is 0.00000208. The highest BCUT2D eigenvalue weighted by molar-refractivity contribution is 5.99. The Morgan fingerprint density at radius 1 is 1.38 bits per heavy atom. The van der Waals surface area contributed by atoms with Gasteiger partial charge in [-0.25, -0.2) is 0 Å². The Labute approximate surface area is 147 Å². The zero-order valence-corrected chi connectivity index (χ0v) is 14.4. The number of nitrogens with zero attached hydrogens (tertiary/aromatic N) is 4. The summed E-state index contributed by atoms with van der Waals surface area (Å²) in [5, 5.41) is 3.92. The second-order valence-electron chi connectivity index (χ2n) is 5.50. The van der Waals surface area contributed by atoms with E-state index in [9.17, 15) is 4.79 Å². The van der Waals surface area contributed by atoms with Gasteiger partial charge in [0.25, 0.3) is 0 Å². The van der Waals surface area contributed by atoms with Gasteiger partial charge in [0.05, 0.1) is 19.1 Å². The fraction of sp³-hybridized carbons (Fsp3) is 0.438. The number of hydrogen-bond donors (Lipinski definition) is 1. The Hall–Kier alpha value is -1.96. The standard InChI is InChI=1S/C16H21N5O2.ClH/c1-2-20(11-14-18-15(10-17)23-19-14)13-8-9-21(16(13)22)12-6-4-3-5-7-12;/h3-7,13H,2,8-11,17H2,1H3;1H. The van der Waals surface area contributed by atoms with E-state index in [1.807, 2.05) is 42.2 Å². The number of halogens is 1. The van der Waals surface area contributed by atoms with Gasteiger partial charge in [-0.3, -0.25) is 9.69 Å². The molecule has 1 fully saturated rings. The molecule has 7 nitrogen and oxygen atoms in total. The van der Waals surface area contributed by atoms with Crippen LogP contribution in [0.1, 0.15) is 25.1 Å². The summed E-state index contributed by atoms with van der Waals surface area (Å²) in [6.07, 6.45) is 0.795. The molecule has 24 heavy (non-hydrogen) atoms. The fourth-order valence-corrected chi connectivity index (χ4v) is 2.93. The van der Waals surface area contributed by atoms with E-state index in [1.165, 1.54) is 0 Å². The lowest BCUT2D eigenvalue weighted by atomic mass is 10.2. The lowest BCUT2D eigenvalue weighted by Crippen LogP contribution is -2.41. The minimum absolute atomic E-state index is 0. The summed E-state index contributed by atoms with van der Waals surface area (Å²) in [6.45, 7) is 4.21. The Morgan fingerprint density at radius 3 is 2.75 bits per heavy atom. The molecule has 0 aliphatic carbocycles. The van der Waals surface area contributed by atoms with Gasteiger partial charge in [-0.05, 0) is 25.1 Å². The fourth-order valence-electron chi connectivity index (χ4n) is 2.93. The van der Waals surface area contributed by atoms with Crippen LogP contribution >= 0.6 is 12.4 Å². The third-order valence-electron chi connectivity index (χ3n) is 4.12. The van der Waals surface area contributed by atoms with Crippen LogP contribution in [0.15, 0.2) is 34.9 Å². The molecule has 0 bridgehead atoms. The molecule has 0 radical (unpaired) electrons. The van der Waals surface area contributed by atoms with Crippen molar-refractivity contribution in [1.29, 1.82) is 0 Å². The maximum Gasteiger partial charge on any atom is 0.244 e. The molecule has 130 valence electrons. The highest BCUT2D eigenvalue weighted by Crippen LogP contribution is 2.24. The first kappa shape index (κ1) is 18.4. The Bertz CT molecular complexity index is 663. The molecule has 1 amide bonds. The molecule has 2 N–H and O–H groups in total. The predicted octanol–water partition coefficient (Wildman–Crippen LogP) is 1.58. The van der Waals surface area contributed by atoms with Crippen molar-refractivity contribution in [2.45, 2.75) is 32.5 Å². The van der Waals surface area contributed by atoms with Gasteiger partial charge in [0.15, 0.2) is 5.82 Å². The van der Waals surface area contributed by atoms with Gasteiger partial charge in [-0.1, -0.05) is 30.3 Å². The molecule has 0 saturated carbocycles. The van der Waals surface area contributed by atoms with E-state index in [2.05, 4.69) is 15.0 Å². The van der Waals surface area contributed by atoms with Crippen molar-refractivity contribution in [3.05, 3.63) is 42.0 Å². The Kier molecular flexibility index (Phi) is 6.30. The van der Waals surface area contributed by atoms with Crippen LogP contribution in [0.5, 0.6) is 0 Å². The number of aromatic nitrogens is 2. The Morgan fingerprint density at radius 2 is 2.12 bits per heavy atom. The van der Waals surface area contributed by atoms with Crippen LogP contribution in [-0.2, 0) is 17.9 Å². The molecule has 8 heteroatoms. The molecule has 2 heterocycles. The van der Waals surface area contributed by atoms with E-state index in [0.29, 0.717) is 18.3 Å². The number of benzene rings is 1. The lowest BCUT2D eigenvalue weighted by molar-refractivity contribution is -0.121. The van der Waals surface area contributed by atoms with Gasteiger partial charge in [0.2, 0.25) is 11.8 Å². The second kappa shape index (κ2) is 8.23. The average Bonchev–Trinajstić information content (AvgIpc) is 3.20. The van der Waals surface area contributed by atoms with Crippen molar-refractivity contribution in [3.8, 4) is 0 Å². The summed E-state index contributed by atoms with van der Waals surface area (Å²) in [5.41, 5.74) is 6.43. The molecule has 1 aromatic carbocycles. The summed E-state index contributed by atoms with van der Waals surface area (Å²) in [7, 11) is 0. The highest BCUT2D eigenvalue weighted by atomic mass is 35.5. The van der Waals surface area contributed by atoms with Gasteiger partial charge in [0, 0.05) is 12.2 Å². The molecular formula is C16H22ClN5O2. The van der Waals surface area contributed by atoms with Crippen LogP contribution in [0.2, 0.25) is 0 Å². The van der Waals surface area contributed by atoms with Crippen molar-refractivity contribution in [3.63, 3.8) is 0 Å². The molecule has 0 spiro atoms. The van der Waals surface area contributed by atoms with Crippen molar-refractivity contribution >= 4 is 24.0 Å². The second-order valence-corrected chi connectivity index (χ2v) is 5.50. The number of carbonyl (C=O) groups excluding carboxylic acids is 1. The number of hydrogen-bond acceptors (Lipinski definition) is 6. The van der Waals surface area contributed by atoms with Crippen LogP contribution in [0.4, 0.5) is 5.69 Å². The first-order chi connectivity index (χ1) is 11.2. The van der Waals surface area contributed by atoms with Crippen LogP contribution in [0.3, 0.4) is 0 Å². The zero-order chi connectivity index (χ0) is 16.2. The van der Waals surface area contributed by atoms with Crippen molar-refractivity contribution in [2.24, 2.45) is 5.73 Å². The zero-order valence-electron chi connectivity index (χ0n) is 13.6. The smallest absolute Gasteiger partial charge is 0.244 e. The third kappa shape index (κ3) is 3.75. The topological polar surface area (TPSA) is 88.5 Å². The van der Waals surface area contributed by atoms with E-state index in [1.54, 1.807) is 0 Å². The van der Waals surface area contributed by atoms with Crippen LogP contribution < -0.4 is 10.6 Å². The number of carbonyl (C=O) groups is 1. The largest absolute Gasteiger partial charge is 0.338 e. The maximum atomic E-state index is 12.8. The summed E-state index contributed by atoms with van der Waals surface area (Å²) >= 11 is 0. The molecule has 1 aliphatic heterocycles. The summed E-state index contributed by atoms with van der Waals surface area (Å²) in [6, 6.07) is 9.61. The van der Waals surface area contributed by atoms with E-state index in [-0.39, 0.29) is 30.9 Å². The monoisotopic (exact) mass is 351 g/mol. The first-order valence-corrected chi connectivity index (χ1v) is 7.85. The normalized spacial score (nSPS) is 17.4. The molecule has 1 aromatic heterocycles. The van der Waals surface area contributed by atoms with Gasteiger partial charge in [-0.2, -0.15) is 4.98 Å². The van der Waals surface area contributed by atoms with Crippen molar-refractivity contribution in [2.75, 3.05) is 18.0 Å². The lowest BCUT2D eigenvalue weighted by Gasteiger charge is -2.25. The van der Waals surface area contributed by atoms with Crippen molar-refractivity contribution in [1.82, 2.24) is 15.0 Å². The van der Waals surface area contributed by atoms with E-state index >= 15 is 0 Å². The number of rotatable bonds is 6. The maximum absolute atomic E-state index is 12.8. The molecule has 3 rings (SSSR count). The van der Waals surface area contributed by atoms with E-state index < -0.39 is 0 Å². The van der Waals surface area contributed by atoms with E-state index in [4.69, 9.17) is 10.3 Å². The molecule has 1 saturated heterocycles. The first-order valence-electron chi connectivity index (χ1n) is 7.85. The molecule has 2 aromatic rings.